The maximum Gasteiger partial charge on any atom is 0.269 e. The molecule has 0 radical (unpaired) electrons. The van der Waals surface area contributed by atoms with E-state index in [1.807, 2.05) is 35.2 Å². The fraction of sp³-hybridized carbons (Fsp3) is 0.207. The van der Waals surface area contributed by atoms with Crippen LogP contribution < -0.4 is 9.64 Å². The molecule has 0 bridgehead atoms. The standard InChI is InChI=1S/C29H22BrN3O6/c1-15-13-18(33(37)38)8-9-21(15)32-28(35)23-24(29(32)36)26(27(34)17-7-10-22(39-2)20(30)14-17)31-12-11-16-5-3-4-6-19(16)25(23)31/h3-14,23-26H,1-2H3/t23-,24+,25+,26-/m0/s1. The third-order valence-corrected chi connectivity index (χ3v) is 8.42. The van der Waals surface area contributed by atoms with Crippen LogP contribution in [0.4, 0.5) is 11.4 Å². The molecule has 0 N–H and O–H groups in total. The van der Waals surface area contributed by atoms with E-state index in [9.17, 15) is 24.5 Å². The molecule has 3 aliphatic heterocycles. The Labute approximate surface area is 231 Å². The molecule has 0 unspecified atom stereocenters. The largest absolute Gasteiger partial charge is 0.496 e. The number of nitro groups is 1. The summed E-state index contributed by atoms with van der Waals surface area (Å²) in [4.78, 5) is 55.9. The highest BCUT2D eigenvalue weighted by atomic mass is 79.9. The smallest absolute Gasteiger partial charge is 0.269 e. The Morgan fingerprint density at radius 1 is 1.03 bits per heavy atom. The van der Waals surface area contributed by atoms with Gasteiger partial charge in [-0.2, -0.15) is 0 Å². The molecule has 2 saturated heterocycles. The lowest BCUT2D eigenvalue weighted by Gasteiger charge is -2.35. The zero-order valence-electron chi connectivity index (χ0n) is 20.9. The highest BCUT2D eigenvalue weighted by molar-refractivity contribution is 9.10. The van der Waals surface area contributed by atoms with Crippen LogP contribution in [-0.2, 0) is 9.59 Å². The van der Waals surface area contributed by atoms with Crippen molar-refractivity contribution >= 4 is 51.0 Å². The molecular formula is C29H22BrN3O6. The maximum atomic E-state index is 14.1. The lowest BCUT2D eigenvalue weighted by molar-refractivity contribution is -0.384. The molecule has 0 spiro atoms. The van der Waals surface area contributed by atoms with Gasteiger partial charge in [0.15, 0.2) is 5.78 Å². The number of ketones is 1. The van der Waals surface area contributed by atoms with Gasteiger partial charge >= 0.3 is 0 Å². The average molecular weight is 588 g/mol. The van der Waals surface area contributed by atoms with Crippen LogP contribution in [0.3, 0.4) is 0 Å². The Kier molecular flexibility index (Phi) is 5.87. The molecule has 196 valence electrons. The number of halogens is 1. The molecule has 3 aliphatic rings. The summed E-state index contributed by atoms with van der Waals surface area (Å²) < 4.78 is 5.90. The maximum absolute atomic E-state index is 14.1. The number of carbonyl (C=O) groups is 3. The Balaban J connectivity index is 1.48. The van der Waals surface area contributed by atoms with Crippen molar-refractivity contribution < 1.29 is 24.0 Å². The second-order valence-electron chi connectivity index (χ2n) is 9.79. The van der Waals surface area contributed by atoms with Gasteiger partial charge in [-0.3, -0.25) is 24.5 Å². The van der Waals surface area contributed by atoms with Crippen LogP contribution in [0.2, 0.25) is 0 Å². The molecule has 3 aromatic rings. The molecule has 3 aromatic carbocycles. The number of ether oxygens (including phenoxy) is 1. The Bertz CT molecular complexity index is 1620. The first-order valence-electron chi connectivity index (χ1n) is 12.3. The van der Waals surface area contributed by atoms with E-state index in [2.05, 4.69) is 15.9 Å². The molecule has 2 fully saturated rings. The van der Waals surface area contributed by atoms with Crippen molar-refractivity contribution in [2.24, 2.45) is 11.8 Å². The van der Waals surface area contributed by atoms with E-state index in [-0.39, 0.29) is 17.2 Å². The monoisotopic (exact) mass is 587 g/mol. The molecule has 9 nitrogen and oxygen atoms in total. The van der Waals surface area contributed by atoms with Crippen LogP contribution in [-0.4, -0.2) is 40.6 Å². The SMILES string of the molecule is COc1ccc(C(=O)[C@@H]2[C@@H]3C(=O)N(c4ccc([N+](=O)[O-])cc4C)C(=O)[C@@H]3[C@H]3c4ccccc4C=CN23)cc1Br. The van der Waals surface area contributed by atoms with Gasteiger partial charge in [-0.25, -0.2) is 4.90 Å². The first kappa shape index (κ1) is 25.0. The molecule has 4 atom stereocenters. The van der Waals surface area contributed by atoms with Gasteiger partial charge in [0.25, 0.3) is 5.69 Å². The number of hydrogen-bond donors (Lipinski definition) is 0. The third-order valence-electron chi connectivity index (χ3n) is 7.80. The van der Waals surface area contributed by atoms with Crippen molar-refractivity contribution in [1.29, 1.82) is 0 Å². The summed E-state index contributed by atoms with van der Waals surface area (Å²) in [6.07, 6.45) is 3.69. The van der Waals surface area contributed by atoms with E-state index < -0.39 is 40.7 Å². The first-order valence-corrected chi connectivity index (χ1v) is 13.1. The zero-order chi connectivity index (χ0) is 27.6. The van der Waals surface area contributed by atoms with Gasteiger partial charge in [0.05, 0.1) is 40.1 Å². The Morgan fingerprint density at radius 3 is 2.46 bits per heavy atom. The lowest BCUT2D eigenvalue weighted by Crippen LogP contribution is -2.44. The van der Waals surface area contributed by atoms with Crippen LogP contribution >= 0.6 is 15.9 Å². The Hall–Kier alpha value is -4.31. The van der Waals surface area contributed by atoms with E-state index in [1.165, 1.54) is 25.3 Å². The number of amides is 2. The zero-order valence-corrected chi connectivity index (χ0v) is 22.5. The minimum Gasteiger partial charge on any atom is -0.496 e. The minimum absolute atomic E-state index is 0.133. The van der Waals surface area contributed by atoms with Crippen molar-refractivity contribution in [3.63, 3.8) is 0 Å². The number of hydrogen-bond acceptors (Lipinski definition) is 7. The van der Waals surface area contributed by atoms with Gasteiger partial charge in [-0.1, -0.05) is 24.3 Å². The number of carbonyl (C=O) groups excluding carboxylic acids is 3. The molecular weight excluding hydrogens is 566 g/mol. The van der Waals surface area contributed by atoms with Crippen molar-refractivity contribution in [2.45, 2.75) is 19.0 Å². The van der Waals surface area contributed by atoms with Gasteiger partial charge in [0, 0.05) is 23.9 Å². The third kappa shape index (κ3) is 3.69. The number of methoxy groups -OCH3 is 1. The molecule has 6 rings (SSSR count). The molecule has 3 heterocycles. The van der Waals surface area contributed by atoms with Gasteiger partial charge in [-0.15, -0.1) is 0 Å². The molecule has 2 amide bonds. The molecule has 0 saturated carbocycles. The van der Waals surface area contributed by atoms with E-state index in [0.29, 0.717) is 21.3 Å². The summed E-state index contributed by atoms with van der Waals surface area (Å²) in [5, 5.41) is 11.3. The summed E-state index contributed by atoms with van der Waals surface area (Å²) in [5.41, 5.74) is 2.74. The fourth-order valence-corrected chi connectivity index (χ4v) is 6.63. The lowest BCUT2D eigenvalue weighted by atomic mass is 9.83. The number of anilines is 1. The van der Waals surface area contributed by atoms with Crippen LogP contribution in [0.5, 0.6) is 5.75 Å². The highest BCUT2D eigenvalue weighted by Crippen LogP contribution is 2.54. The van der Waals surface area contributed by atoms with Crippen molar-refractivity contribution in [3.05, 3.63) is 104 Å². The van der Waals surface area contributed by atoms with Gasteiger partial charge in [0.1, 0.15) is 11.8 Å². The number of aryl methyl sites for hydroxylation is 1. The van der Waals surface area contributed by atoms with Crippen LogP contribution in [0.25, 0.3) is 6.08 Å². The van der Waals surface area contributed by atoms with E-state index in [4.69, 9.17) is 4.74 Å². The predicted octanol–water partition coefficient (Wildman–Crippen LogP) is 5.07. The highest BCUT2D eigenvalue weighted by Gasteiger charge is 2.64. The quantitative estimate of drug-likeness (QED) is 0.177. The summed E-state index contributed by atoms with van der Waals surface area (Å²) >= 11 is 3.43. The van der Waals surface area contributed by atoms with E-state index >= 15 is 0 Å². The summed E-state index contributed by atoms with van der Waals surface area (Å²) in [6.45, 7) is 1.62. The van der Waals surface area contributed by atoms with Crippen LogP contribution in [0, 0.1) is 28.9 Å². The van der Waals surface area contributed by atoms with Crippen LogP contribution in [0.1, 0.15) is 33.1 Å². The summed E-state index contributed by atoms with van der Waals surface area (Å²) in [7, 11) is 1.53. The number of Topliss-reactive ketones (excluding diaryl/α,β-unsaturated/α-hetero) is 1. The van der Waals surface area contributed by atoms with Crippen LogP contribution in [0.15, 0.2) is 71.3 Å². The molecule has 0 aromatic heterocycles. The summed E-state index contributed by atoms with van der Waals surface area (Å²) in [5.74, 6) is -2.40. The average Bonchev–Trinajstić information content (AvgIpc) is 3.40. The normalized spacial score (nSPS) is 22.9. The Morgan fingerprint density at radius 2 is 1.77 bits per heavy atom. The first-order chi connectivity index (χ1) is 18.7. The van der Waals surface area contributed by atoms with Crippen molar-refractivity contribution in [1.82, 2.24) is 4.90 Å². The number of nitro benzene ring substituents is 1. The van der Waals surface area contributed by atoms with Gasteiger partial charge < -0.3 is 9.64 Å². The number of nitrogens with zero attached hydrogens (tertiary/aromatic N) is 3. The minimum atomic E-state index is -0.943. The number of rotatable bonds is 5. The van der Waals surface area contributed by atoms with Gasteiger partial charge in [-0.05, 0) is 69.9 Å². The van der Waals surface area contributed by atoms with E-state index in [0.717, 1.165) is 16.0 Å². The topological polar surface area (TPSA) is 110 Å². The second kappa shape index (κ2) is 9.16. The molecule has 0 aliphatic carbocycles. The number of fused-ring (bicyclic) bond motifs is 5. The number of imide groups is 1. The number of benzene rings is 3. The molecule has 10 heteroatoms. The van der Waals surface area contributed by atoms with Crippen molar-refractivity contribution in [3.8, 4) is 5.75 Å². The molecule has 39 heavy (non-hydrogen) atoms. The van der Waals surface area contributed by atoms with Crippen molar-refractivity contribution in [2.75, 3.05) is 12.0 Å². The predicted molar refractivity (Wildman–Crippen MR) is 146 cm³/mol. The summed E-state index contributed by atoms with van der Waals surface area (Å²) in [6, 6.07) is 15.2. The fourth-order valence-electron chi connectivity index (χ4n) is 6.09. The van der Waals surface area contributed by atoms with E-state index in [1.54, 1.807) is 31.3 Å². The second-order valence-corrected chi connectivity index (χ2v) is 10.6. The van der Waals surface area contributed by atoms with Gasteiger partial charge in [0.2, 0.25) is 11.8 Å². The number of non-ortho nitro benzene ring substituents is 1.